The minimum absolute atomic E-state index is 0.119. The van der Waals surface area contributed by atoms with Crippen LogP contribution >= 0.6 is 0 Å². The Morgan fingerprint density at radius 1 is 1.33 bits per heavy atom. The van der Waals surface area contributed by atoms with Gasteiger partial charge in [-0.3, -0.25) is 4.79 Å². The van der Waals surface area contributed by atoms with Gasteiger partial charge in [-0.1, -0.05) is 12.1 Å². The van der Waals surface area contributed by atoms with Crippen LogP contribution in [0.15, 0.2) is 30.5 Å². The van der Waals surface area contributed by atoms with Crippen molar-refractivity contribution < 1.29 is 4.79 Å². The lowest BCUT2D eigenvalue weighted by molar-refractivity contribution is -0.117. The highest BCUT2D eigenvalue weighted by atomic mass is 16.2. The van der Waals surface area contributed by atoms with Crippen molar-refractivity contribution in [2.45, 2.75) is 12.8 Å². The van der Waals surface area contributed by atoms with Gasteiger partial charge in [0, 0.05) is 11.6 Å². The van der Waals surface area contributed by atoms with Crippen LogP contribution in [-0.4, -0.2) is 15.9 Å². The molecule has 1 aliphatic carbocycles. The van der Waals surface area contributed by atoms with E-state index in [1.54, 1.807) is 6.20 Å². The van der Waals surface area contributed by atoms with Crippen molar-refractivity contribution >= 4 is 17.5 Å². The van der Waals surface area contributed by atoms with Gasteiger partial charge in [-0.25, -0.2) is 4.98 Å². The fourth-order valence-corrected chi connectivity index (χ4v) is 1.81. The zero-order chi connectivity index (χ0) is 12.5. The van der Waals surface area contributed by atoms with Crippen LogP contribution in [0.5, 0.6) is 0 Å². The molecule has 1 aromatic heterocycles. The number of nitrogens with zero attached hydrogens (tertiary/aromatic N) is 1. The second-order valence-corrected chi connectivity index (χ2v) is 4.52. The summed E-state index contributed by atoms with van der Waals surface area (Å²) in [5.41, 5.74) is 8.21. The van der Waals surface area contributed by atoms with E-state index < -0.39 is 0 Å². The summed E-state index contributed by atoms with van der Waals surface area (Å²) in [7, 11) is 0. The van der Waals surface area contributed by atoms with Crippen LogP contribution in [0.4, 0.5) is 11.6 Å². The molecule has 0 radical (unpaired) electrons. The Morgan fingerprint density at radius 3 is 2.61 bits per heavy atom. The highest BCUT2D eigenvalue weighted by Crippen LogP contribution is 2.30. The third-order valence-corrected chi connectivity index (χ3v) is 3.01. The van der Waals surface area contributed by atoms with Gasteiger partial charge in [0.25, 0.3) is 0 Å². The van der Waals surface area contributed by atoms with Gasteiger partial charge in [-0.2, -0.15) is 0 Å². The Morgan fingerprint density at radius 2 is 2.06 bits per heavy atom. The number of carbonyl (C=O) groups is 1. The normalized spacial score (nSPS) is 14.4. The number of carbonyl (C=O) groups excluding carboxylic acids is 1. The predicted octanol–water partition coefficient (Wildman–Crippen LogP) is 2.01. The van der Waals surface area contributed by atoms with Gasteiger partial charge in [0.15, 0.2) is 5.95 Å². The SMILES string of the molecule is Nc1ncc(-c2ccc(NC(=O)C3CC3)cc2)[nH]1. The first kappa shape index (κ1) is 10.8. The quantitative estimate of drug-likeness (QED) is 0.769. The topological polar surface area (TPSA) is 83.8 Å². The first-order valence-corrected chi connectivity index (χ1v) is 5.94. The number of benzene rings is 1. The van der Waals surface area contributed by atoms with Crippen molar-refractivity contribution in [1.82, 2.24) is 9.97 Å². The summed E-state index contributed by atoms with van der Waals surface area (Å²) in [5.74, 6) is 0.738. The standard InChI is InChI=1S/C13H14N4O/c14-13-15-7-11(17-13)8-3-5-10(6-4-8)16-12(18)9-1-2-9/h3-7,9H,1-2H2,(H,16,18)(H3,14,15,17). The molecule has 4 N–H and O–H groups in total. The van der Waals surface area contributed by atoms with Crippen LogP contribution in [0.2, 0.25) is 0 Å². The molecule has 1 amide bonds. The molecule has 1 aliphatic rings. The number of rotatable bonds is 3. The molecule has 0 unspecified atom stereocenters. The second-order valence-electron chi connectivity index (χ2n) is 4.52. The molecule has 1 fully saturated rings. The zero-order valence-electron chi connectivity index (χ0n) is 9.81. The Bertz CT molecular complexity index is 569. The van der Waals surface area contributed by atoms with Crippen LogP contribution in [0, 0.1) is 5.92 Å². The fourth-order valence-electron chi connectivity index (χ4n) is 1.81. The second kappa shape index (κ2) is 4.18. The smallest absolute Gasteiger partial charge is 0.227 e. The summed E-state index contributed by atoms with van der Waals surface area (Å²) in [5, 5.41) is 2.90. The Balaban J connectivity index is 1.74. The molecule has 0 bridgehead atoms. The molecule has 1 heterocycles. The molecule has 2 aromatic rings. The Kier molecular flexibility index (Phi) is 2.51. The van der Waals surface area contributed by atoms with Gasteiger partial charge in [0.05, 0.1) is 11.9 Å². The minimum Gasteiger partial charge on any atom is -0.369 e. The third kappa shape index (κ3) is 2.20. The van der Waals surface area contributed by atoms with Crippen molar-refractivity contribution in [3.05, 3.63) is 30.5 Å². The van der Waals surface area contributed by atoms with Crippen molar-refractivity contribution in [3.63, 3.8) is 0 Å². The van der Waals surface area contributed by atoms with E-state index in [0.29, 0.717) is 5.95 Å². The van der Waals surface area contributed by atoms with Gasteiger partial charge in [0.2, 0.25) is 5.91 Å². The molecule has 5 nitrogen and oxygen atoms in total. The van der Waals surface area contributed by atoms with Crippen LogP contribution in [0.3, 0.4) is 0 Å². The van der Waals surface area contributed by atoms with Crippen LogP contribution in [-0.2, 0) is 4.79 Å². The number of amides is 1. The number of hydrogen-bond acceptors (Lipinski definition) is 3. The van der Waals surface area contributed by atoms with E-state index in [1.807, 2.05) is 24.3 Å². The number of aromatic nitrogens is 2. The fraction of sp³-hybridized carbons (Fsp3) is 0.231. The minimum atomic E-state index is 0.119. The van der Waals surface area contributed by atoms with Crippen molar-refractivity contribution in [3.8, 4) is 11.3 Å². The maximum Gasteiger partial charge on any atom is 0.227 e. The molecule has 1 aromatic carbocycles. The monoisotopic (exact) mass is 242 g/mol. The molecular weight excluding hydrogens is 228 g/mol. The Labute approximate surface area is 104 Å². The van der Waals surface area contributed by atoms with Gasteiger partial charge in [-0.05, 0) is 30.5 Å². The summed E-state index contributed by atoms with van der Waals surface area (Å²) >= 11 is 0. The number of anilines is 2. The summed E-state index contributed by atoms with van der Waals surface area (Å²) in [4.78, 5) is 18.5. The van der Waals surface area contributed by atoms with Crippen LogP contribution in [0.1, 0.15) is 12.8 Å². The summed E-state index contributed by atoms with van der Waals surface area (Å²) in [6.07, 6.45) is 3.71. The van der Waals surface area contributed by atoms with E-state index in [2.05, 4.69) is 15.3 Å². The lowest BCUT2D eigenvalue weighted by Gasteiger charge is -2.04. The molecule has 3 rings (SSSR count). The molecule has 92 valence electrons. The van der Waals surface area contributed by atoms with Gasteiger partial charge < -0.3 is 16.0 Å². The van der Waals surface area contributed by atoms with E-state index in [1.165, 1.54) is 0 Å². The highest BCUT2D eigenvalue weighted by molar-refractivity contribution is 5.94. The first-order chi connectivity index (χ1) is 8.72. The van der Waals surface area contributed by atoms with E-state index in [-0.39, 0.29) is 11.8 Å². The molecule has 0 aliphatic heterocycles. The first-order valence-electron chi connectivity index (χ1n) is 5.94. The van der Waals surface area contributed by atoms with Crippen molar-refractivity contribution in [2.75, 3.05) is 11.1 Å². The third-order valence-electron chi connectivity index (χ3n) is 3.01. The molecule has 18 heavy (non-hydrogen) atoms. The Hall–Kier alpha value is -2.30. The maximum absolute atomic E-state index is 11.6. The predicted molar refractivity (Wildman–Crippen MR) is 69.8 cm³/mol. The van der Waals surface area contributed by atoms with Gasteiger partial charge >= 0.3 is 0 Å². The number of nitrogens with one attached hydrogen (secondary N) is 2. The lowest BCUT2D eigenvalue weighted by Crippen LogP contribution is -2.12. The molecular formula is C13H14N4O. The number of nitrogen functional groups attached to an aromatic ring is 1. The van der Waals surface area contributed by atoms with Crippen molar-refractivity contribution in [1.29, 1.82) is 0 Å². The summed E-state index contributed by atoms with van der Waals surface area (Å²) in [6.45, 7) is 0. The molecule has 5 heteroatoms. The van der Waals surface area contributed by atoms with E-state index >= 15 is 0 Å². The van der Waals surface area contributed by atoms with E-state index in [4.69, 9.17) is 5.73 Å². The summed E-state index contributed by atoms with van der Waals surface area (Å²) in [6, 6.07) is 7.62. The molecule has 0 spiro atoms. The zero-order valence-corrected chi connectivity index (χ0v) is 9.81. The van der Waals surface area contributed by atoms with Crippen molar-refractivity contribution in [2.24, 2.45) is 5.92 Å². The largest absolute Gasteiger partial charge is 0.369 e. The number of nitrogens with two attached hydrogens (primary N) is 1. The lowest BCUT2D eigenvalue weighted by atomic mass is 10.1. The number of hydrogen-bond donors (Lipinski definition) is 3. The average Bonchev–Trinajstić information content (AvgIpc) is 3.13. The molecule has 0 saturated heterocycles. The van der Waals surface area contributed by atoms with Gasteiger partial charge in [0.1, 0.15) is 0 Å². The van der Waals surface area contributed by atoms with E-state index in [0.717, 1.165) is 29.8 Å². The average molecular weight is 242 g/mol. The molecule has 1 saturated carbocycles. The molecule has 0 atom stereocenters. The maximum atomic E-state index is 11.6. The number of imidazole rings is 1. The summed E-state index contributed by atoms with van der Waals surface area (Å²) < 4.78 is 0. The van der Waals surface area contributed by atoms with Gasteiger partial charge in [-0.15, -0.1) is 0 Å². The van der Waals surface area contributed by atoms with Crippen LogP contribution < -0.4 is 11.1 Å². The van der Waals surface area contributed by atoms with Crippen LogP contribution in [0.25, 0.3) is 11.3 Å². The van der Waals surface area contributed by atoms with E-state index in [9.17, 15) is 4.79 Å². The highest BCUT2D eigenvalue weighted by Gasteiger charge is 2.29. The number of aromatic amines is 1. The number of H-pyrrole nitrogens is 1.